The minimum absolute atomic E-state index is 0.149. The van der Waals surface area contributed by atoms with Gasteiger partial charge in [-0.2, -0.15) is 16.8 Å². The Kier molecular flexibility index (Phi) is 3.92. The van der Waals surface area contributed by atoms with E-state index in [0.717, 1.165) is 12.5 Å². The lowest BCUT2D eigenvalue weighted by atomic mass is 10.1. The Labute approximate surface area is 107 Å². The van der Waals surface area contributed by atoms with Crippen LogP contribution in [-0.2, 0) is 20.2 Å². The van der Waals surface area contributed by atoms with E-state index in [9.17, 15) is 16.8 Å². The van der Waals surface area contributed by atoms with Crippen molar-refractivity contribution in [2.45, 2.75) is 13.8 Å². The lowest BCUT2D eigenvalue weighted by Gasteiger charge is -2.12. The molecule has 0 amide bonds. The van der Waals surface area contributed by atoms with E-state index in [-0.39, 0.29) is 11.5 Å². The molecule has 0 N–H and O–H groups in total. The van der Waals surface area contributed by atoms with Crippen molar-refractivity contribution >= 4 is 20.2 Å². The first-order valence-electron chi connectivity index (χ1n) is 4.89. The fraction of sp³-hybridized carbons (Fsp3) is 0.400. The van der Waals surface area contributed by atoms with Crippen LogP contribution in [0.5, 0.6) is 11.5 Å². The molecule has 1 rings (SSSR count). The van der Waals surface area contributed by atoms with Crippen LogP contribution in [0.25, 0.3) is 0 Å². The topological polar surface area (TPSA) is 86.7 Å². The number of benzene rings is 1. The van der Waals surface area contributed by atoms with Crippen LogP contribution in [0.1, 0.15) is 11.1 Å². The first-order chi connectivity index (χ1) is 7.99. The van der Waals surface area contributed by atoms with Crippen molar-refractivity contribution in [1.29, 1.82) is 0 Å². The normalized spacial score (nSPS) is 12.2. The zero-order chi connectivity index (χ0) is 14.1. The third kappa shape index (κ3) is 4.19. The predicted molar refractivity (Wildman–Crippen MR) is 66.9 cm³/mol. The van der Waals surface area contributed by atoms with E-state index < -0.39 is 20.2 Å². The van der Waals surface area contributed by atoms with Gasteiger partial charge in [-0.15, -0.1) is 0 Å². The van der Waals surface area contributed by atoms with E-state index in [2.05, 4.69) is 0 Å². The number of hydrogen-bond acceptors (Lipinski definition) is 6. The van der Waals surface area contributed by atoms with Crippen molar-refractivity contribution < 1.29 is 25.2 Å². The largest absolute Gasteiger partial charge is 0.382 e. The van der Waals surface area contributed by atoms with Gasteiger partial charge in [0, 0.05) is 0 Å². The van der Waals surface area contributed by atoms with Crippen LogP contribution in [0.15, 0.2) is 12.1 Å². The second kappa shape index (κ2) is 4.77. The monoisotopic (exact) mass is 294 g/mol. The van der Waals surface area contributed by atoms with Crippen molar-refractivity contribution in [3.05, 3.63) is 23.3 Å². The van der Waals surface area contributed by atoms with Crippen LogP contribution in [0.2, 0.25) is 0 Å². The van der Waals surface area contributed by atoms with Gasteiger partial charge in [0.1, 0.15) is 11.5 Å². The molecule has 0 aromatic heterocycles. The molecule has 0 aliphatic rings. The maximum absolute atomic E-state index is 11.0. The summed E-state index contributed by atoms with van der Waals surface area (Å²) in [6.45, 7) is 3.23. The lowest BCUT2D eigenvalue weighted by Crippen LogP contribution is -2.10. The summed E-state index contributed by atoms with van der Waals surface area (Å²) in [7, 11) is -7.25. The number of hydrogen-bond donors (Lipinski definition) is 0. The van der Waals surface area contributed by atoms with Crippen molar-refractivity contribution in [1.82, 2.24) is 0 Å². The second-order valence-electron chi connectivity index (χ2n) is 3.89. The molecule has 0 aliphatic heterocycles. The molecule has 0 saturated carbocycles. The summed E-state index contributed by atoms with van der Waals surface area (Å²) >= 11 is 0. The molecule has 0 radical (unpaired) electrons. The maximum Gasteiger partial charge on any atom is 0.306 e. The SMILES string of the molecule is Cc1c(OS(C)(=O)=O)ccc(OS(C)(=O)=O)c1C. The Bertz CT molecular complexity index is 599. The zero-order valence-corrected chi connectivity index (χ0v) is 12.1. The summed E-state index contributed by atoms with van der Waals surface area (Å²) in [5, 5.41) is 0. The number of rotatable bonds is 4. The first-order valence-corrected chi connectivity index (χ1v) is 8.52. The van der Waals surface area contributed by atoms with Crippen LogP contribution in [0.4, 0.5) is 0 Å². The summed E-state index contributed by atoms with van der Waals surface area (Å²) in [6.07, 6.45) is 1.87. The molecule has 0 spiro atoms. The molecule has 0 atom stereocenters. The highest BCUT2D eigenvalue weighted by Gasteiger charge is 2.14. The standard InChI is InChI=1S/C10H14O6S2/c1-7-8(2)10(16-18(4,13)14)6-5-9(7)15-17(3,11)12/h5-6H,1-4H3. The van der Waals surface area contributed by atoms with Gasteiger partial charge in [-0.3, -0.25) is 0 Å². The molecule has 0 saturated heterocycles. The van der Waals surface area contributed by atoms with Crippen LogP contribution in [-0.4, -0.2) is 29.3 Å². The highest BCUT2D eigenvalue weighted by atomic mass is 32.2. The van der Waals surface area contributed by atoms with Gasteiger partial charge < -0.3 is 8.37 Å². The van der Waals surface area contributed by atoms with Crippen molar-refractivity contribution in [3.8, 4) is 11.5 Å². The average molecular weight is 294 g/mol. The Morgan fingerprint density at radius 3 is 1.28 bits per heavy atom. The molecule has 0 aliphatic carbocycles. The van der Waals surface area contributed by atoms with Crippen LogP contribution >= 0.6 is 0 Å². The van der Waals surface area contributed by atoms with Gasteiger partial charge in [0.25, 0.3) is 0 Å². The smallest absolute Gasteiger partial charge is 0.306 e. The molecular weight excluding hydrogens is 280 g/mol. The Morgan fingerprint density at radius 1 is 0.778 bits per heavy atom. The fourth-order valence-electron chi connectivity index (χ4n) is 1.28. The van der Waals surface area contributed by atoms with Crippen LogP contribution in [0.3, 0.4) is 0 Å². The summed E-state index contributed by atoms with van der Waals surface area (Å²) in [5.41, 5.74) is 1.00. The quantitative estimate of drug-likeness (QED) is 0.769. The van der Waals surface area contributed by atoms with Crippen molar-refractivity contribution in [2.75, 3.05) is 12.5 Å². The van der Waals surface area contributed by atoms with E-state index in [1.807, 2.05) is 0 Å². The molecule has 6 nitrogen and oxygen atoms in total. The molecule has 0 unspecified atom stereocenters. The molecule has 1 aromatic rings. The molecule has 1 aromatic carbocycles. The lowest BCUT2D eigenvalue weighted by molar-refractivity contribution is 0.481. The van der Waals surface area contributed by atoms with E-state index in [1.165, 1.54) is 12.1 Å². The zero-order valence-electron chi connectivity index (χ0n) is 10.4. The molecule has 18 heavy (non-hydrogen) atoms. The third-order valence-corrected chi connectivity index (χ3v) is 3.13. The van der Waals surface area contributed by atoms with Gasteiger partial charge in [0.15, 0.2) is 0 Å². The van der Waals surface area contributed by atoms with E-state index in [0.29, 0.717) is 11.1 Å². The van der Waals surface area contributed by atoms with E-state index in [1.54, 1.807) is 13.8 Å². The molecule has 8 heteroatoms. The van der Waals surface area contributed by atoms with Crippen molar-refractivity contribution in [3.63, 3.8) is 0 Å². The summed E-state index contributed by atoms with van der Waals surface area (Å²) in [6, 6.07) is 2.70. The van der Waals surface area contributed by atoms with Crippen LogP contribution in [0, 0.1) is 13.8 Å². The average Bonchev–Trinajstić information content (AvgIpc) is 2.14. The molecule has 102 valence electrons. The van der Waals surface area contributed by atoms with E-state index in [4.69, 9.17) is 8.37 Å². The van der Waals surface area contributed by atoms with Gasteiger partial charge in [-0.05, 0) is 37.1 Å². The highest BCUT2D eigenvalue weighted by Crippen LogP contribution is 2.30. The second-order valence-corrected chi connectivity index (χ2v) is 7.04. The van der Waals surface area contributed by atoms with Crippen molar-refractivity contribution in [2.24, 2.45) is 0 Å². The Hall–Kier alpha value is -1.28. The third-order valence-electron chi connectivity index (χ3n) is 2.17. The molecular formula is C10H14O6S2. The summed E-state index contributed by atoms with van der Waals surface area (Å²) in [5.74, 6) is 0.298. The minimum Gasteiger partial charge on any atom is -0.382 e. The fourth-order valence-corrected chi connectivity index (χ4v) is 2.29. The molecule has 0 bridgehead atoms. The Balaban J connectivity index is 3.21. The van der Waals surface area contributed by atoms with Gasteiger partial charge in [-0.25, -0.2) is 0 Å². The van der Waals surface area contributed by atoms with E-state index >= 15 is 0 Å². The molecule has 0 heterocycles. The first kappa shape index (κ1) is 14.8. The highest BCUT2D eigenvalue weighted by molar-refractivity contribution is 7.86. The van der Waals surface area contributed by atoms with Crippen LogP contribution < -0.4 is 8.37 Å². The maximum atomic E-state index is 11.0. The summed E-state index contributed by atoms with van der Waals surface area (Å²) < 4.78 is 53.6. The predicted octanol–water partition coefficient (Wildman–Crippen LogP) is 0.980. The minimum atomic E-state index is -3.62. The summed E-state index contributed by atoms with van der Waals surface area (Å²) in [4.78, 5) is 0. The van der Waals surface area contributed by atoms with Gasteiger partial charge >= 0.3 is 20.2 Å². The van der Waals surface area contributed by atoms with Gasteiger partial charge in [0.05, 0.1) is 12.5 Å². The van der Waals surface area contributed by atoms with Gasteiger partial charge in [0.2, 0.25) is 0 Å². The van der Waals surface area contributed by atoms with Gasteiger partial charge in [-0.1, -0.05) is 0 Å². The Morgan fingerprint density at radius 2 is 1.06 bits per heavy atom. The molecule has 0 fully saturated rings.